The predicted octanol–water partition coefficient (Wildman–Crippen LogP) is 2.15. The highest BCUT2D eigenvalue weighted by molar-refractivity contribution is 5.82. The summed E-state index contributed by atoms with van der Waals surface area (Å²) >= 11 is 0. The average molecular weight is 156 g/mol. The summed E-state index contributed by atoms with van der Waals surface area (Å²) in [5, 5.41) is 7.51. The Morgan fingerprint density at radius 1 is 1.36 bits per heavy atom. The van der Waals surface area contributed by atoms with E-state index >= 15 is 0 Å². The zero-order valence-electron chi connectivity index (χ0n) is 8.36. The first kappa shape index (κ1) is 10.6. The molecule has 2 heteroatoms. The van der Waals surface area contributed by atoms with Crippen molar-refractivity contribution < 1.29 is 0 Å². The molecule has 0 aliphatic heterocycles. The van der Waals surface area contributed by atoms with Gasteiger partial charge >= 0.3 is 0 Å². The van der Waals surface area contributed by atoms with Gasteiger partial charge in [-0.2, -0.15) is 0 Å². The molecule has 2 nitrogen and oxygen atoms in total. The van der Waals surface area contributed by atoms with Gasteiger partial charge in [0.1, 0.15) is 0 Å². The lowest BCUT2D eigenvalue weighted by molar-refractivity contribution is 0.201. The van der Waals surface area contributed by atoms with Crippen LogP contribution in [-0.2, 0) is 0 Å². The van der Waals surface area contributed by atoms with E-state index in [1.807, 2.05) is 6.92 Å². The number of hydrogen-bond acceptors (Lipinski definition) is 2. The molecular weight excluding hydrogens is 136 g/mol. The van der Waals surface area contributed by atoms with Crippen LogP contribution in [0.2, 0.25) is 0 Å². The van der Waals surface area contributed by atoms with Crippen LogP contribution >= 0.6 is 0 Å². The summed E-state index contributed by atoms with van der Waals surface area (Å²) in [4.78, 5) is 2.19. The van der Waals surface area contributed by atoms with Gasteiger partial charge in [0, 0.05) is 17.8 Å². The highest BCUT2D eigenvalue weighted by atomic mass is 15.2. The van der Waals surface area contributed by atoms with Crippen molar-refractivity contribution in [1.82, 2.24) is 4.90 Å². The van der Waals surface area contributed by atoms with Gasteiger partial charge in [-0.15, -0.1) is 0 Å². The Hall–Kier alpha value is -0.370. The van der Waals surface area contributed by atoms with Crippen molar-refractivity contribution in [1.29, 1.82) is 5.41 Å². The largest absolute Gasteiger partial charge is 0.308 e. The lowest BCUT2D eigenvalue weighted by Crippen LogP contribution is -2.41. The van der Waals surface area contributed by atoms with Gasteiger partial charge in [0.15, 0.2) is 0 Å². The van der Waals surface area contributed by atoms with E-state index in [0.717, 1.165) is 18.7 Å². The standard InChI is InChI=1S/C9H20N2/c1-6-8(10)7-11(5)9(2,3)4/h10H,6-7H2,1-5H3. The maximum Gasteiger partial charge on any atom is 0.0362 e. The van der Waals surface area contributed by atoms with Gasteiger partial charge in [-0.05, 0) is 34.2 Å². The first-order chi connectivity index (χ1) is 4.88. The average Bonchev–Trinajstić information content (AvgIpc) is 1.85. The van der Waals surface area contributed by atoms with Crippen LogP contribution in [0.5, 0.6) is 0 Å². The number of nitrogens with zero attached hydrogens (tertiary/aromatic N) is 1. The first-order valence-electron chi connectivity index (χ1n) is 4.15. The molecule has 0 spiro atoms. The molecular formula is C9H20N2. The number of hydrogen-bond donors (Lipinski definition) is 1. The summed E-state index contributed by atoms with van der Waals surface area (Å²) in [5.41, 5.74) is 0.990. The van der Waals surface area contributed by atoms with E-state index in [1.165, 1.54) is 0 Å². The zero-order valence-corrected chi connectivity index (χ0v) is 8.36. The fourth-order valence-corrected chi connectivity index (χ4v) is 0.635. The second-order valence-electron chi connectivity index (χ2n) is 3.98. The van der Waals surface area contributed by atoms with Crippen LogP contribution in [-0.4, -0.2) is 29.7 Å². The molecule has 0 fully saturated rings. The van der Waals surface area contributed by atoms with E-state index in [-0.39, 0.29) is 5.54 Å². The van der Waals surface area contributed by atoms with Gasteiger partial charge in [-0.1, -0.05) is 6.92 Å². The third-order valence-electron chi connectivity index (χ3n) is 2.00. The molecule has 0 aliphatic carbocycles. The van der Waals surface area contributed by atoms with Crippen LogP contribution in [0.15, 0.2) is 0 Å². The molecule has 0 unspecified atom stereocenters. The second kappa shape index (κ2) is 3.86. The minimum Gasteiger partial charge on any atom is -0.308 e. The van der Waals surface area contributed by atoms with Gasteiger partial charge in [-0.25, -0.2) is 0 Å². The lowest BCUT2D eigenvalue weighted by Gasteiger charge is -2.31. The minimum atomic E-state index is 0.182. The highest BCUT2D eigenvalue weighted by Crippen LogP contribution is 2.09. The molecule has 0 rings (SSSR count). The summed E-state index contributed by atoms with van der Waals surface area (Å²) in [5.74, 6) is 0. The van der Waals surface area contributed by atoms with Gasteiger partial charge < -0.3 is 5.41 Å². The Labute approximate surface area is 70.1 Å². The molecule has 0 amide bonds. The lowest BCUT2D eigenvalue weighted by atomic mass is 10.1. The van der Waals surface area contributed by atoms with Crippen molar-refractivity contribution in [2.45, 2.75) is 39.7 Å². The molecule has 0 saturated heterocycles. The highest BCUT2D eigenvalue weighted by Gasteiger charge is 2.16. The van der Waals surface area contributed by atoms with Gasteiger partial charge in [-0.3, -0.25) is 4.90 Å². The Morgan fingerprint density at radius 2 is 1.82 bits per heavy atom. The quantitative estimate of drug-likeness (QED) is 0.623. The molecule has 0 aromatic carbocycles. The van der Waals surface area contributed by atoms with E-state index < -0.39 is 0 Å². The van der Waals surface area contributed by atoms with Gasteiger partial charge in [0.2, 0.25) is 0 Å². The number of nitrogens with one attached hydrogen (secondary N) is 1. The third-order valence-corrected chi connectivity index (χ3v) is 2.00. The Balaban J connectivity index is 3.87. The second-order valence-corrected chi connectivity index (χ2v) is 3.98. The van der Waals surface area contributed by atoms with Crippen LogP contribution < -0.4 is 0 Å². The monoisotopic (exact) mass is 156 g/mol. The molecule has 0 aromatic heterocycles. The fourth-order valence-electron chi connectivity index (χ4n) is 0.635. The minimum absolute atomic E-state index is 0.182. The van der Waals surface area contributed by atoms with Gasteiger partial charge in [0.05, 0.1) is 0 Å². The van der Waals surface area contributed by atoms with E-state index in [4.69, 9.17) is 5.41 Å². The van der Waals surface area contributed by atoms with E-state index in [0.29, 0.717) is 0 Å². The van der Waals surface area contributed by atoms with Crippen LogP contribution in [0.4, 0.5) is 0 Å². The van der Waals surface area contributed by atoms with Crippen molar-refractivity contribution in [2.24, 2.45) is 0 Å². The number of rotatable bonds is 3. The first-order valence-corrected chi connectivity index (χ1v) is 4.15. The van der Waals surface area contributed by atoms with Crippen LogP contribution in [0, 0.1) is 5.41 Å². The maximum absolute atomic E-state index is 7.51. The maximum atomic E-state index is 7.51. The van der Waals surface area contributed by atoms with Crippen LogP contribution in [0.1, 0.15) is 34.1 Å². The molecule has 0 heterocycles. The summed E-state index contributed by atoms with van der Waals surface area (Å²) in [6, 6.07) is 0. The molecule has 1 N–H and O–H groups in total. The summed E-state index contributed by atoms with van der Waals surface area (Å²) in [6.45, 7) is 9.31. The summed E-state index contributed by atoms with van der Waals surface area (Å²) in [7, 11) is 2.06. The van der Waals surface area contributed by atoms with Crippen molar-refractivity contribution >= 4 is 5.71 Å². The summed E-state index contributed by atoms with van der Waals surface area (Å²) in [6.07, 6.45) is 0.862. The van der Waals surface area contributed by atoms with Crippen molar-refractivity contribution in [3.05, 3.63) is 0 Å². The van der Waals surface area contributed by atoms with E-state index in [2.05, 4.69) is 32.7 Å². The molecule has 0 atom stereocenters. The van der Waals surface area contributed by atoms with Crippen LogP contribution in [0.3, 0.4) is 0 Å². The van der Waals surface area contributed by atoms with Gasteiger partial charge in [0.25, 0.3) is 0 Å². The molecule has 0 aromatic rings. The molecule has 0 aliphatic rings. The third kappa shape index (κ3) is 4.14. The predicted molar refractivity (Wildman–Crippen MR) is 50.4 cm³/mol. The fraction of sp³-hybridized carbons (Fsp3) is 0.889. The Bertz CT molecular complexity index is 133. The van der Waals surface area contributed by atoms with E-state index in [1.54, 1.807) is 0 Å². The van der Waals surface area contributed by atoms with Crippen molar-refractivity contribution in [3.8, 4) is 0 Å². The van der Waals surface area contributed by atoms with Crippen molar-refractivity contribution in [3.63, 3.8) is 0 Å². The smallest absolute Gasteiger partial charge is 0.0362 e. The molecule has 0 bridgehead atoms. The molecule has 11 heavy (non-hydrogen) atoms. The topological polar surface area (TPSA) is 27.1 Å². The summed E-state index contributed by atoms with van der Waals surface area (Å²) < 4.78 is 0. The van der Waals surface area contributed by atoms with Crippen LogP contribution in [0.25, 0.3) is 0 Å². The molecule has 0 saturated carbocycles. The SMILES string of the molecule is CCC(=N)CN(C)C(C)(C)C. The van der Waals surface area contributed by atoms with E-state index in [9.17, 15) is 0 Å². The molecule has 66 valence electrons. The normalized spacial score (nSPS) is 12.2. The molecule has 0 radical (unpaired) electrons. The Kier molecular flexibility index (Phi) is 3.73. The Morgan fingerprint density at radius 3 is 2.09 bits per heavy atom. The zero-order chi connectivity index (χ0) is 9.07. The van der Waals surface area contributed by atoms with Crippen molar-refractivity contribution in [2.75, 3.05) is 13.6 Å².